The van der Waals surface area contributed by atoms with Crippen molar-refractivity contribution in [1.29, 1.82) is 0 Å². The van der Waals surface area contributed by atoms with Crippen LogP contribution in [0.15, 0.2) is 59.5 Å². The number of benzene rings is 2. The van der Waals surface area contributed by atoms with Gasteiger partial charge in [0.15, 0.2) is 0 Å². The predicted molar refractivity (Wildman–Crippen MR) is 112 cm³/mol. The lowest BCUT2D eigenvalue weighted by Gasteiger charge is -2.11. The number of nitrogens with zero attached hydrogens (tertiary/aromatic N) is 3. The Labute approximate surface area is 175 Å². The van der Waals surface area contributed by atoms with E-state index in [4.69, 9.17) is 23.2 Å². The molecular formula is C20H15Cl2N5O2. The van der Waals surface area contributed by atoms with Crippen LogP contribution < -0.4 is 10.9 Å². The second-order valence-corrected chi connectivity index (χ2v) is 7.22. The van der Waals surface area contributed by atoms with E-state index in [1.54, 1.807) is 53.3 Å². The van der Waals surface area contributed by atoms with Gasteiger partial charge in [-0.1, -0.05) is 47.5 Å². The van der Waals surface area contributed by atoms with Crippen molar-refractivity contribution in [2.45, 2.75) is 13.0 Å². The van der Waals surface area contributed by atoms with Gasteiger partial charge in [0.05, 0.1) is 30.2 Å². The first kappa shape index (κ1) is 19.2. The Morgan fingerprint density at radius 3 is 2.69 bits per heavy atom. The molecule has 2 aromatic carbocycles. The van der Waals surface area contributed by atoms with Crippen LogP contribution in [0, 0.1) is 0 Å². The van der Waals surface area contributed by atoms with Crippen molar-refractivity contribution in [3.63, 3.8) is 0 Å². The molecular weight excluding hydrogens is 413 g/mol. The van der Waals surface area contributed by atoms with Crippen molar-refractivity contribution in [1.82, 2.24) is 20.0 Å². The molecule has 0 aliphatic carbocycles. The van der Waals surface area contributed by atoms with Gasteiger partial charge in [-0.2, -0.15) is 10.2 Å². The number of carbonyl (C=O) groups is 1. The fraction of sp³-hybridized carbons (Fsp3) is 0.100. The van der Waals surface area contributed by atoms with Gasteiger partial charge in [-0.05, 0) is 23.8 Å². The number of H-pyrrole nitrogens is 1. The number of aromatic amines is 1. The summed E-state index contributed by atoms with van der Waals surface area (Å²) in [6, 6.07) is 14.0. The maximum absolute atomic E-state index is 12.6. The Balaban J connectivity index is 1.53. The minimum absolute atomic E-state index is 0.00414. The van der Waals surface area contributed by atoms with Crippen LogP contribution in [0.25, 0.3) is 10.8 Å². The Bertz CT molecular complexity index is 1270. The molecule has 0 atom stereocenters. The second kappa shape index (κ2) is 8.06. The van der Waals surface area contributed by atoms with Crippen LogP contribution in [0.3, 0.4) is 0 Å². The maximum atomic E-state index is 12.6. The van der Waals surface area contributed by atoms with Crippen LogP contribution in [0.5, 0.6) is 0 Å². The monoisotopic (exact) mass is 427 g/mol. The highest BCUT2D eigenvalue weighted by molar-refractivity contribution is 6.35. The Morgan fingerprint density at radius 2 is 1.90 bits per heavy atom. The summed E-state index contributed by atoms with van der Waals surface area (Å²) in [5.74, 6) is 0.244. The predicted octanol–water partition coefficient (Wildman–Crippen LogP) is 3.66. The Kier molecular flexibility index (Phi) is 5.33. The molecule has 4 aromatic rings. The number of nitrogens with one attached hydrogen (secondary N) is 2. The summed E-state index contributed by atoms with van der Waals surface area (Å²) < 4.78 is 1.63. The van der Waals surface area contributed by atoms with Gasteiger partial charge in [0.2, 0.25) is 5.91 Å². The lowest BCUT2D eigenvalue weighted by atomic mass is 10.1. The number of halogens is 2. The Hall–Kier alpha value is -3.16. The number of amides is 1. The third-order valence-electron chi connectivity index (χ3n) is 4.42. The summed E-state index contributed by atoms with van der Waals surface area (Å²) in [4.78, 5) is 24.5. The van der Waals surface area contributed by atoms with Crippen LogP contribution in [-0.2, 0) is 17.8 Å². The molecule has 146 valence electrons. The zero-order valence-corrected chi connectivity index (χ0v) is 16.5. The lowest BCUT2D eigenvalue weighted by molar-refractivity contribution is -0.115. The second-order valence-electron chi connectivity index (χ2n) is 6.38. The van der Waals surface area contributed by atoms with Gasteiger partial charge >= 0.3 is 0 Å². The molecule has 4 rings (SSSR count). The molecule has 2 heterocycles. The number of fused-ring (bicyclic) bond motifs is 1. The van der Waals surface area contributed by atoms with Gasteiger partial charge in [-0.15, -0.1) is 0 Å². The minimum atomic E-state index is -0.289. The molecule has 1 amide bonds. The quantitative estimate of drug-likeness (QED) is 0.508. The molecule has 0 saturated carbocycles. The molecule has 0 unspecified atom stereocenters. The van der Waals surface area contributed by atoms with E-state index in [0.717, 1.165) is 5.56 Å². The third-order valence-corrected chi connectivity index (χ3v) is 5.01. The van der Waals surface area contributed by atoms with Crippen molar-refractivity contribution in [3.05, 3.63) is 86.4 Å². The highest BCUT2D eigenvalue weighted by Gasteiger charge is 2.13. The topological polar surface area (TPSA) is 92.7 Å². The van der Waals surface area contributed by atoms with Crippen molar-refractivity contribution in [2.24, 2.45) is 0 Å². The highest BCUT2D eigenvalue weighted by atomic mass is 35.5. The van der Waals surface area contributed by atoms with E-state index in [1.165, 1.54) is 0 Å². The van der Waals surface area contributed by atoms with E-state index in [1.807, 2.05) is 6.07 Å². The summed E-state index contributed by atoms with van der Waals surface area (Å²) in [5, 5.41) is 15.8. The molecule has 0 bridgehead atoms. The average molecular weight is 428 g/mol. The van der Waals surface area contributed by atoms with E-state index in [-0.39, 0.29) is 17.9 Å². The van der Waals surface area contributed by atoms with Crippen LogP contribution in [0.1, 0.15) is 11.3 Å². The summed E-state index contributed by atoms with van der Waals surface area (Å²) in [6.45, 7) is 0.373. The molecule has 0 saturated heterocycles. The molecule has 2 N–H and O–H groups in total. The van der Waals surface area contributed by atoms with Crippen LogP contribution >= 0.6 is 23.2 Å². The third kappa shape index (κ3) is 4.16. The number of rotatable bonds is 5. The maximum Gasteiger partial charge on any atom is 0.272 e. The van der Waals surface area contributed by atoms with Crippen LogP contribution in [0.2, 0.25) is 10.0 Å². The summed E-state index contributed by atoms with van der Waals surface area (Å²) in [7, 11) is 0. The van der Waals surface area contributed by atoms with Gasteiger partial charge in [0.25, 0.3) is 5.56 Å². The average Bonchev–Trinajstić information content (AvgIpc) is 3.13. The van der Waals surface area contributed by atoms with Crippen molar-refractivity contribution in [2.75, 3.05) is 5.32 Å². The molecule has 9 heteroatoms. The zero-order valence-electron chi connectivity index (χ0n) is 15.0. The SMILES string of the molecule is O=C(Cc1n[nH]c(=O)c2ccccc12)Nc1ccnn1Cc1ccc(Cl)cc1Cl. The number of carbonyl (C=O) groups excluding carboxylic acids is 1. The molecule has 7 nitrogen and oxygen atoms in total. The van der Waals surface area contributed by atoms with E-state index < -0.39 is 0 Å². The van der Waals surface area contributed by atoms with Gasteiger partial charge in [0, 0.05) is 21.5 Å². The first-order chi connectivity index (χ1) is 14.0. The van der Waals surface area contributed by atoms with Gasteiger partial charge in [-0.25, -0.2) is 9.78 Å². The number of hydrogen-bond acceptors (Lipinski definition) is 4. The van der Waals surface area contributed by atoms with Crippen LogP contribution in [-0.4, -0.2) is 25.9 Å². The molecule has 0 aliphatic rings. The number of aromatic nitrogens is 4. The normalized spacial score (nSPS) is 11.0. The minimum Gasteiger partial charge on any atom is -0.311 e. The van der Waals surface area contributed by atoms with Crippen molar-refractivity contribution >= 4 is 45.7 Å². The largest absolute Gasteiger partial charge is 0.311 e. The molecule has 0 aliphatic heterocycles. The van der Waals surface area contributed by atoms with E-state index >= 15 is 0 Å². The first-order valence-corrected chi connectivity index (χ1v) is 9.49. The fourth-order valence-electron chi connectivity index (χ4n) is 3.02. The number of anilines is 1. The standard InChI is InChI=1S/C20H15Cl2N5O2/c21-13-6-5-12(16(22)9-13)11-27-18(7-8-23-27)24-19(28)10-17-14-3-1-2-4-15(14)20(29)26-25-17/h1-9H,10-11H2,(H,24,28)(H,26,29). The zero-order chi connectivity index (χ0) is 20.4. The lowest BCUT2D eigenvalue weighted by Crippen LogP contribution is -2.20. The number of hydrogen-bond donors (Lipinski definition) is 2. The summed E-state index contributed by atoms with van der Waals surface area (Å²) in [6.07, 6.45) is 1.59. The molecule has 0 fully saturated rings. The Morgan fingerprint density at radius 1 is 1.10 bits per heavy atom. The van der Waals surface area contributed by atoms with Crippen LogP contribution in [0.4, 0.5) is 5.82 Å². The summed E-state index contributed by atoms with van der Waals surface area (Å²) in [5.41, 5.74) is 1.02. The van der Waals surface area contributed by atoms with Crippen molar-refractivity contribution < 1.29 is 4.79 Å². The van der Waals surface area contributed by atoms with E-state index in [2.05, 4.69) is 20.6 Å². The van der Waals surface area contributed by atoms with Gasteiger partial charge in [-0.3, -0.25) is 9.59 Å². The molecule has 0 radical (unpaired) electrons. The fourth-order valence-corrected chi connectivity index (χ4v) is 3.49. The molecule has 0 spiro atoms. The smallest absolute Gasteiger partial charge is 0.272 e. The first-order valence-electron chi connectivity index (χ1n) is 8.73. The van der Waals surface area contributed by atoms with Gasteiger partial charge in [0.1, 0.15) is 5.82 Å². The van der Waals surface area contributed by atoms with E-state index in [9.17, 15) is 9.59 Å². The van der Waals surface area contributed by atoms with Gasteiger partial charge < -0.3 is 5.32 Å². The summed E-state index contributed by atoms with van der Waals surface area (Å²) >= 11 is 12.2. The van der Waals surface area contributed by atoms with Crippen molar-refractivity contribution in [3.8, 4) is 0 Å². The molecule has 29 heavy (non-hydrogen) atoms. The highest BCUT2D eigenvalue weighted by Crippen LogP contribution is 2.23. The van der Waals surface area contributed by atoms with E-state index in [0.29, 0.717) is 38.9 Å². The molecule has 2 aromatic heterocycles.